The molecular weight excluding hydrogens is 229 g/mol. The summed E-state index contributed by atoms with van der Waals surface area (Å²) in [5.41, 5.74) is 1.49. The van der Waals surface area contributed by atoms with Gasteiger partial charge in [-0.25, -0.2) is 9.37 Å². The Kier molecular flexibility index (Phi) is 2.21. The number of imidazole rings is 1. The quantitative estimate of drug-likeness (QED) is 0.881. The Hall–Kier alpha value is -1.42. The summed E-state index contributed by atoms with van der Waals surface area (Å²) in [6.45, 7) is 1.04. The standard InChI is InChI=1S/C14H16FN3/c15-10-3-1-5-12-13(10)17-14(11-4-2-8-16-11)18(12)9-6-7-9/h1,3,5,9,11,16H,2,4,6-8H2. The Balaban J connectivity index is 1.94. The van der Waals surface area contributed by atoms with E-state index in [0.29, 0.717) is 17.6 Å². The van der Waals surface area contributed by atoms with Gasteiger partial charge in [-0.15, -0.1) is 0 Å². The first kappa shape index (κ1) is 10.5. The molecule has 2 aromatic rings. The lowest BCUT2D eigenvalue weighted by molar-refractivity contribution is 0.559. The monoisotopic (exact) mass is 245 g/mol. The number of hydrogen-bond donors (Lipinski definition) is 1. The van der Waals surface area contributed by atoms with Gasteiger partial charge in [0.15, 0.2) is 5.82 Å². The third kappa shape index (κ3) is 1.48. The van der Waals surface area contributed by atoms with Gasteiger partial charge in [-0.05, 0) is 44.4 Å². The topological polar surface area (TPSA) is 29.9 Å². The van der Waals surface area contributed by atoms with E-state index in [2.05, 4.69) is 14.9 Å². The van der Waals surface area contributed by atoms with Crippen molar-refractivity contribution in [2.45, 2.75) is 37.8 Å². The Morgan fingerprint density at radius 2 is 2.17 bits per heavy atom. The first-order valence-electron chi connectivity index (χ1n) is 6.74. The van der Waals surface area contributed by atoms with E-state index in [1.165, 1.54) is 25.3 Å². The number of benzene rings is 1. The summed E-state index contributed by atoms with van der Waals surface area (Å²) < 4.78 is 16.1. The normalized spacial score (nSPS) is 23.9. The summed E-state index contributed by atoms with van der Waals surface area (Å²) in [7, 11) is 0. The molecule has 2 fully saturated rings. The number of fused-ring (bicyclic) bond motifs is 1. The SMILES string of the molecule is Fc1cccc2c1nc(C1CCCN1)n2C1CC1. The Morgan fingerprint density at radius 3 is 2.89 bits per heavy atom. The summed E-state index contributed by atoms with van der Waals surface area (Å²) in [4.78, 5) is 4.58. The van der Waals surface area contributed by atoms with Gasteiger partial charge in [-0.2, -0.15) is 0 Å². The van der Waals surface area contributed by atoms with Gasteiger partial charge in [-0.1, -0.05) is 6.07 Å². The molecule has 0 bridgehead atoms. The van der Waals surface area contributed by atoms with Crippen molar-refractivity contribution < 1.29 is 4.39 Å². The smallest absolute Gasteiger partial charge is 0.151 e. The molecule has 2 heterocycles. The first-order valence-corrected chi connectivity index (χ1v) is 6.74. The maximum Gasteiger partial charge on any atom is 0.151 e. The molecule has 1 saturated heterocycles. The molecule has 0 spiro atoms. The maximum absolute atomic E-state index is 13.9. The van der Waals surface area contributed by atoms with Crippen LogP contribution in [0.15, 0.2) is 18.2 Å². The molecule has 1 N–H and O–H groups in total. The highest BCUT2D eigenvalue weighted by atomic mass is 19.1. The number of rotatable bonds is 2. The number of nitrogens with one attached hydrogen (secondary N) is 1. The van der Waals surface area contributed by atoms with E-state index < -0.39 is 0 Å². The van der Waals surface area contributed by atoms with E-state index in [9.17, 15) is 4.39 Å². The molecule has 2 aliphatic rings. The minimum atomic E-state index is -0.203. The molecule has 1 saturated carbocycles. The molecule has 4 heteroatoms. The number of para-hydroxylation sites is 1. The highest BCUT2D eigenvalue weighted by Crippen LogP contribution is 2.41. The van der Waals surface area contributed by atoms with Crippen LogP contribution < -0.4 is 5.32 Å². The minimum absolute atomic E-state index is 0.203. The number of aromatic nitrogens is 2. The van der Waals surface area contributed by atoms with E-state index in [0.717, 1.165) is 24.3 Å². The Bertz CT molecular complexity index is 594. The van der Waals surface area contributed by atoms with Gasteiger partial charge in [0.25, 0.3) is 0 Å². The molecule has 1 aromatic heterocycles. The molecule has 0 radical (unpaired) electrons. The molecule has 1 aliphatic carbocycles. The van der Waals surface area contributed by atoms with Gasteiger partial charge in [-0.3, -0.25) is 0 Å². The fourth-order valence-corrected chi connectivity index (χ4v) is 2.97. The Morgan fingerprint density at radius 1 is 1.28 bits per heavy atom. The van der Waals surface area contributed by atoms with E-state index >= 15 is 0 Å². The van der Waals surface area contributed by atoms with Crippen LogP contribution in [0.25, 0.3) is 11.0 Å². The van der Waals surface area contributed by atoms with Crippen molar-refractivity contribution in [2.75, 3.05) is 6.54 Å². The van der Waals surface area contributed by atoms with Crippen molar-refractivity contribution in [1.29, 1.82) is 0 Å². The highest BCUT2D eigenvalue weighted by Gasteiger charge is 2.32. The van der Waals surface area contributed by atoms with E-state index in [-0.39, 0.29) is 5.82 Å². The summed E-state index contributed by atoms with van der Waals surface area (Å²) >= 11 is 0. The van der Waals surface area contributed by atoms with Crippen LogP contribution in [0, 0.1) is 5.82 Å². The predicted molar refractivity (Wildman–Crippen MR) is 67.9 cm³/mol. The van der Waals surface area contributed by atoms with Crippen molar-refractivity contribution in [1.82, 2.24) is 14.9 Å². The zero-order valence-corrected chi connectivity index (χ0v) is 10.2. The summed E-state index contributed by atoms with van der Waals surface area (Å²) in [5.74, 6) is 0.834. The minimum Gasteiger partial charge on any atom is -0.323 e. The van der Waals surface area contributed by atoms with Gasteiger partial charge < -0.3 is 9.88 Å². The molecule has 94 valence electrons. The average Bonchev–Trinajstić information content (AvgIpc) is 2.93. The van der Waals surface area contributed by atoms with Crippen molar-refractivity contribution in [2.24, 2.45) is 0 Å². The Labute approximate surface area is 105 Å². The molecule has 1 aliphatic heterocycles. The van der Waals surface area contributed by atoms with Gasteiger partial charge in [0.05, 0.1) is 11.6 Å². The van der Waals surface area contributed by atoms with Gasteiger partial charge in [0, 0.05) is 6.04 Å². The van der Waals surface area contributed by atoms with Crippen LogP contribution in [-0.2, 0) is 0 Å². The number of nitrogens with zero attached hydrogens (tertiary/aromatic N) is 2. The third-order valence-corrected chi connectivity index (χ3v) is 3.98. The highest BCUT2D eigenvalue weighted by molar-refractivity contribution is 5.77. The van der Waals surface area contributed by atoms with Crippen LogP contribution in [0.1, 0.15) is 43.6 Å². The van der Waals surface area contributed by atoms with Crippen LogP contribution in [0.5, 0.6) is 0 Å². The van der Waals surface area contributed by atoms with Crippen LogP contribution >= 0.6 is 0 Å². The molecule has 0 amide bonds. The molecule has 1 unspecified atom stereocenters. The van der Waals surface area contributed by atoms with Gasteiger partial charge >= 0.3 is 0 Å². The van der Waals surface area contributed by atoms with Gasteiger partial charge in [0.1, 0.15) is 11.3 Å². The molecule has 3 nitrogen and oxygen atoms in total. The summed E-state index contributed by atoms with van der Waals surface area (Å²) in [6.07, 6.45) is 4.68. The molecule has 1 atom stereocenters. The second-order valence-corrected chi connectivity index (χ2v) is 5.33. The van der Waals surface area contributed by atoms with Crippen LogP contribution in [-0.4, -0.2) is 16.1 Å². The molecule has 4 rings (SSSR count). The lowest BCUT2D eigenvalue weighted by atomic mass is 10.2. The lowest BCUT2D eigenvalue weighted by Crippen LogP contribution is -2.17. The summed E-state index contributed by atoms with van der Waals surface area (Å²) in [6, 6.07) is 6.11. The molecular formula is C14H16FN3. The second kappa shape index (κ2) is 3.79. The zero-order chi connectivity index (χ0) is 12.1. The average molecular weight is 245 g/mol. The largest absolute Gasteiger partial charge is 0.323 e. The van der Waals surface area contributed by atoms with E-state index in [1.54, 1.807) is 6.07 Å². The van der Waals surface area contributed by atoms with Crippen molar-refractivity contribution in [3.8, 4) is 0 Å². The molecule has 1 aromatic carbocycles. The first-order chi connectivity index (χ1) is 8.84. The number of hydrogen-bond acceptors (Lipinski definition) is 2. The van der Waals surface area contributed by atoms with Crippen molar-refractivity contribution in [3.05, 3.63) is 29.8 Å². The molecule has 18 heavy (non-hydrogen) atoms. The van der Waals surface area contributed by atoms with Crippen LogP contribution in [0.3, 0.4) is 0 Å². The fourth-order valence-electron chi connectivity index (χ4n) is 2.97. The fraction of sp³-hybridized carbons (Fsp3) is 0.500. The van der Waals surface area contributed by atoms with Crippen LogP contribution in [0.4, 0.5) is 4.39 Å². The third-order valence-electron chi connectivity index (χ3n) is 3.98. The van der Waals surface area contributed by atoms with Crippen molar-refractivity contribution in [3.63, 3.8) is 0 Å². The summed E-state index contributed by atoms with van der Waals surface area (Å²) in [5, 5.41) is 3.47. The second-order valence-electron chi connectivity index (χ2n) is 5.33. The van der Waals surface area contributed by atoms with E-state index in [1.807, 2.05) is 6.07 Å². The zero-order valence-electron chi connectivity index (χ0n) is 10.2. The lowest BCUT2D eigenvalue weighted by Gasteiger charge is -2.13. The van der Waals surface area contributed by atoms with Crippen LogP contribution in [0.2, 0.25) is 0 Å². The predicted octanol–water partition coefficient (Wildman–Crippen LogP) is 2.93. The van der Waals surface area contributed by atoms with E-state index in [4.69, 9.17) is 0 Å². The maximum atomic E-state index is 13.9. The van der Waals surface area contributed by atoms with Gasteiger partial charge in [0.2, 0.25) is 0 Å². The van der Waals surface area contributed by atoms with Crippen molar-refractivity contribution >= 4 is 11.0 Å². The number of halogens is 1.